The molecule has 6 rings (SSSR count). The third-order valence-corrected chi connectivity index (χ3v) is 9.72. The van der Waals surface area contributed by atoms with Crippen LogP contribution in [0.25, 0.3) is 6.08 Å². The predicted molar refractivity (Wildman–Crippen MR) is 207 cm³/mol. The molecule has 2 N–H and O–H groups in total. The largest absolute Gasteiger partial charge is 0.493 e. The number of rotatable bonds is 12. The number of methoxy groups -OCH3 is 1. The predicted octanol–water partition coefficient (Wildman–Crippen LogP) is 7.71. The van der Waals surface area contributed by atoms with Crippen LogP contribution < -0.4 is 25.0 Å². The lowest BCUT2D eigenvalue weighted by Crippen LogP contribution is -2.31. The molecule has 51 heavy (non-hydrogen) atoms. The highest BCUT2D eigenvalue weighted by Gasteiger charge is 2.40. The van der Waals surface area contributed by atoms with Gasteiger partial charge in [-0.2, -0.15) is 0 Å². The minimum atomic E-state index is -0.614. The van der Waals surface area contributed by atoms with Crippen LogP contribution in [0.1, 0.15) is 27.9 Å². The van der Waals surface area contributed by atoms with Crippen LogP contribution in [0.4, 0.5) is 11.4 Å². The van der Waals surface area contributed by atoms with Crippen molar-refractivity contribution in [1.29, 1.82) is 0 Å². The Bertz CT molecular complexity index is 2090. The van der Waals surface area contributed by atoms with Gasteiger partial charge in [0.1, 0.15) is 12.3 Å². The summed E-state index contributed by atoms with van der Waals surface area (Å²) < 4.78 is 12.6. The van der Waals surface area contributed by atoms with Crippen molar-refractivity contribution in [3.63, 3.8) is 0 Å². The number of carbonyl (C=O) groups excluding carboxylic acids is 4. The van der Waals surface area contributed by atoms with E-state index in [1.54, 1.807) is 92.0 Å². The first kappa shape index (κ1) is 35.4. The normalized spacial score (nSPS) is 14.3. The van der Waals surface area contributed by atoms with Crippen LogP contribution in [0.3, 0.4) is 0 Å². The number of hydrogen-bond donors (Lipinski definition) is 2. The van der Waals surface area contributed by atoms with Gasteiger partial charge in [-0.15, -0.1) is 11.8 Å². The average molecular weight is 810 g/mol. The van der Waals surface area contributed by atoms with Crippen molar-refractivity contribution in [3.8, 4) is 11.5 Å². The van der Waals surface area contributed by atoms with E-state index in [1.165, 1.54) is 16.7 Å². The number of halogens is 1. The molecule has 256 valence electrons. The summed E-state index contributed by atoms with van der Waals surface area (Å²) in [5, 5.41) is 5.02. The number of thioether (sulfide) groups is 1. The van der Waals surface area contributed by atoms with E-state index >= 15 is 0 Å². The van der Waals surface area contributed by atoms with Gasteiger partial charge in [0.05, 0.1) is 18.0 Å². The zero-order valence-electron chi connectivity index (χ0n) is 27.4. The fraction of sp³-hybridized carbons (Fsp3) is 0.100. The van der Waals surface area contributed by atoms with E-state index in [4.69, 9.17) is 9.47 Å². The van der Waals surface area contributed by atoms with E-state index in [2.05, 4.69) is 33.2 Å². The molecule has 9 nitrogen and oxygen atoms in total. The first-order valence-electron chi connectivity index (χ1n) is 15.9. The van der Waals surface area contributed by atoms with Gasteiger partial charge in [-0.25, -0.2) is 4.90 Å². The second-order valence-electron chi connectivity index (χ2n) is 11.4. The molecule has 1 saturated heterocycles. The Balaban J connectivity index is 1.22. The maximum absolute atomic E-state index is 13.8. The number of nitrogens with zero attached hydrogens (tertiary/aromatic N) is 1. The Morgan fingerprint density at radius 2 is 1.59 bits per heavy atom. The fourth-order valence-electron chi connectivity index (χ4n) is 5.31. The molecule has 0 spiro atoms. The molecule has 5 aromatic rings. The van der Waals surface area contributed by atoms with Crippen LogP contribution >= 0.6 is 34.4 Å². The quantitative estimate of drug-likeness (QED) is 0.0755. The maximum Gasteiger partial charge on any atom is 0.272 e. The van der Waals surface area contributed by atoms with Crippen molar-refractivity contribution in [1.82, 2.24) is 5.32 Å². The van der Waals surface area contributed by atoms with E-state index in [-0.39, 0.29) is 23.9 Å². The van der Waals surface area contributed by atoms with Crippen LogP contribution in [0.15, 0.2) is 138 Å². The molecule has 0 saturated carbocycles. The molecule has 0 bridgehead atoms. The molecule has 0 aromatic heterocycles. The van der Waals surface area contributed by atoms with Crippen molar-refractivity contribution in [2.24, 2.45) is 0 Å². The van der Waals surface area contributed by atoms with Crippen molar-refractivity contribution in [2.45, 2.75) is 23.2 Å². The lowest BCUT2D eigenvalue weighted by molar-refractivity contribution is -0.121. The zero-order valence-corrected chi connectivity index (χ0v) is 30.4. The van der Waals surface area contributed by atoms with Crippen LogP contribution in [0, 0.1) is 3.57 Å². The molecule has 1 fully saturated rings. The highest BCUT2D eigenvalue weighted by Crippen LogP contribution is 2.35. The lowest BCUT2D eigenvalue weighted by atomic mass is 10.1. The zero-order chi connectivity index (χ0) is 35.7. The van der Waals surface area contributed by atoms with E-state index in [0.717, 1.165) is 9.13 Å². The van der Waals surface area contributed by atoms with E-state index in [9.17, 15) is 19.2 Å². The molecule has 0 aliphatic carbocycles. The SMILES string of the molecule is COc1ccc(/C=C(\NC(=O)c2ccccc2)C(=O)Nc2cccc(S[C@H]3CC(=O)N(c4ccc(I)cc4)C3=O)c2)cc1OCc1ccccc1. The van der Waals surface area contributed by atoms with E-state index in [1.807, 2.05) is 48.5 Å². The summed E-state index contributed by atoms with van der Waals surface area (Å²) in [6.07, 6.45) is 1.62. The van der Waals surface area contributed by atoms with Crippen LogP contribution in [0.5, 0.6) is 11.5 Å². The smallest absolute Gasteiger partial charge is 0.272 e. The second-order valence-corrected chi connectivity index (χ2v) is 13.9. The number of carbonyl (C=O) groups is 4. The van der Waals surface area contributed by atoms with Crippen molar-refractivity contribution >= 4 is 75.4 Å². The third-order valence-electron chi connectivity index (χ3n) is 7.82. The van der Waals surface area contributed by atoms with Crippen LogP contribution in [-0.4, -0.2) is 36.0 Å². The Hall–Kier alpha value is -5.40. The summed E-state index contributed by atoms with van der Waals surface area (Å²) >= 11 is 3.43. The van der Waals surface area contributed by atoms with Crippen molar-refractivity contribution in [3.05, 3.63) is 153 Å². The number of hydrogen-bond acceptors (Lipinski definition) is 7. The van der Waals surface area contributed by atoms with Gasteiger partial charge in [0.2, 0.25) is 11.8 Å². The molecular weight excluding hydrogens is 777 g/mol. The van der Waals surface area contributed by atoms with Crippen molar-refractivity contribution in [2.75, 3.05) is 17.3 Å². The van der Waals surface area contributed by atoms with Gasteiger partial charge >= 0.3 is 0 Å². The van der Waals surface area contributed by atoms with Gasteiger partial charge in [0.15, 0.2) is 11.5 Å². The lowest BCUT2D eigenvalue weighted by Gasteiger charge is -2.15. The minimum Gasteiger partial charge on any atom is -0.493 e. The van der Waals surface area contributed by atoms with Crippen LogP contribution in [-0.2, 0) is 21.0 Å². The number of anilines is 2. The summed E-state index contributed by atoms with van der Waals surface area (Å²) in [7, 11) is 1.55. The summed E-state index contributed by atoms with van der Waals surface area (Å²) in [6, 6.07) is 37.7. The topological polar surface area (TPSA) is 114 Å². The summed E-state index contributed by atoms with van der Waals surface area (Å²) in [5.41, 5.74) is 2.92. The Morgan fingerprint density at radius 1 is 0.863 bits per heavy atom. The first-order chi connectivity index (χ1) is 24.8. The average Bonchev–Trinajstić information content (AvgIpc) is 3.43. The molecule has 5 aromatic carbocycles. The minimum absolute atomic E-state index is 0.00850. The number of nitrogens with one attached hydrogen (secondary N) is 2. The standard InChI is InChI=1S/C40H32IN3O6S/c1-49-34-20-15-27(22-35(34)50-25-26-9-4-2-5-10-26)21-33(43-38(46)28-11-6-3-7-12-28)39(47)42-30-13-8-14-32(23-30)51-36-24-37(45)44(40(36)48)31-18-16-29(41)17-19-31/h2-23,36H,24-25H2,1H3,(H,42,47)(H,43,46)/b33-21-/t36-/m0/s1. The second kappa shape index (κ2) is 16.5. The highest BCUT2D eigenvalue weighted by atomic mass is 127. The van der Waals surface area contributed by atoms with Gasteiger partial charge in [-0.1, -0.05) is 60.7 Å². The Kier molecular flexibility index (Phi) is 11.5. The summed E-state index contributed by atoms with van der Waals surface area (Å²) in [5.74, 6) is -0.603. The number of imide groups is 1. The molecule has 11 heteroatoms. The third kappa shape index (κ3) is 9.04. The highest BCUT2D eigenvalue weighted by molar-refractivity contribution is 14.1. The molecule has 1 atom stereocenters. The van der Waals surface area contributed by atoms with Gasteiger partial charge in [0.25, 0.3) is 11.8 Å². The monoisotopic (exact) mass is 809 g/mol. The van der Waals surface area contributed by atoms with Gasteiger partial charge < -0.3 is 20.1 Å². The van der Waals surface area contributed by atoms with Crippen LogP contribution in [0.2, 0.25) is 0 Å². The number of benzene rings is 5. The Labute approximate surface area is 313 Å². The molecule has 0 radical (unpaired) electrons. The van der Waals surface area contributed by atoms with Gasteiger partial charge in [-0.3, -0.25) is 19.2 Å². The number of amides is 4. The number of ether oxygens (including phenoxy) is 2. The molecule has 1 aliphatic heterocycles. The van der Waals surface area contributed by atoms with Gasteiger partial charge in [0, 0.05) is 26.1 Å². The van der Waals surface area contributed by atoms with Crippen molar-refractivity contribution < 1.29 is 28.7 Å². The van der Waals surface area contributed by atoms with E-state index in [0.29, 0.717) is 45.5 Å². The molecule has 1 heterocycles. The maximum atomic E-state index is 13.8. The molecule has 0 unspecified atom stereocenters. The first-order valence-corrected chi connectivity index (χ1v) is 17.9. The molecular formula is C40H32IN3O6S. The molecule has 1 aliphatic rings. The Morgan fingerprint density at radius 3 is 2.31 bits per heavy atom. The van der Waals surface area contributed by atoms with Gasteiger partial charge in [-0.05, 0) is 107 Å². The fourth-order valence-corrected chi connectivity index (χ4v) is 6.78. The summed E-state index contributed by atoms with van der Waals surface area (Å²) in [6.45, 7) is 0.307. The molecule has 4 amide bonds. The summed E-state index contributed by atoms with van der Waals surface area (Å²) in [4.78, 5) is 55.1. The van der Waals surface area contributed by atoms with E-state index < -0.39 is 17.1 Å².